The number of nitrogens with two attached hydrogens (primary N) is 1. The lowest BCUT2D eigenvalue weighted by Gasteiger charge is -2.43. The van der Waals surface area contributed by atoms with Crippen molar-refractivity contribution in [2.75, 3.05) is 43.9 Å². The van der Waals surface area contributed by atoms with Gasteiger partial charge in [0.1, 0.15) is 11.9 Å². The summed E-state index contributed by atoms with van der Waals surface area (Å²) in [4.78, 5) is 27.2. The number of fused-ring (bicyclic) bond motifs is 1. The average molecular weight is 353 g/mol. The lowest BCUT2D eigenvalue weighted by molar-refractivity contribution is 0.0994. The Labute approximate surface area is 152 Å². The second-order valence-electron chi connectivity index (χ2n) is 6.89. The molecule has 1 aromatic heterocycles. The first-order valence-electron chi connectivity index (χ1n) is 8.71. The SMILES string of the molecule is CN1CCN(C)C(C2Nc3ccccc3N2c2nccc(C(N)=O)n2)C1. The summed E-state index contributed by atoms with van der Waals surface area (Å²) >= 11 is 0. The molecule has 8 nitrogen and oxygen atoms in total. The summed E-state index contributed by atoms with van der Waals surface area (Å²) in [5.41, 5.74) is 7.67. The van der Waals surface area contributed by atoms with Crippen LogP contribution < -0.4 is 16.0 Å². The predicted molar refractivity (Wildman–Crippen MR) is 100 cm³/mol. The predicted octanol–water partition coefficient (Wildman–Crippen LogP) is 0.711. The topological polar surface area (TPSA) is 90.6 Å². The lowest BCUT2D eigenvalue weighted by Crippen LogP contribution is -2.60. The van der Waals surface area contributed by atoms with Gasteiger partial charge in [0, 0.05) is 25.8 Å². The summed E-state index contributed by atoms with van der Waals surface area (Å²) < 4.78 is 0. The quantitative estimate of drug-likeness (QED) is 0.840. The maximum atomic E-state index is 11.6. The molecule has 2 unspecified atom stereocenters. The van der Waals surface area contributed by atoms with Gasteiger partial charge in [0.05, 0.1) is 17.4 Å². The van der Waals surface area contributed by atoms with Crippen molar-refractivity contribution >= 4 is 23.2 Å². The summed E-state index contributed by atoms with van der Waals surface area (Å²) in [6, 6.07) is 9.86. The van der Waals surface area contributed by atoms with Crippen molar-refractivity contribution in [1.29, 1.82) is 0 Å². The molecular formula is C18H23N7O. The van der Waals surface area contributed by atoms with E-state index in [2.05, 4.69) is 44.1 Å². The highest BCUT2D eigenvalue weighted by atomic mass is 16.1. The Hall–Kier alpha value is -2.71. The smallest absolute Gasteiger partial charge is 0.267 e. The van der Waals surface area contributed by atoms with Crippen LogP contribution in [0.1, 0.15) is 10.5 Å². The fourth-order valence-electron chi connectivity index (χ4n) is 3.67. The number of amides is 1. The first-order chi connectivity index (χ1) is 12.5. The molecule has 2 aliphatic rings. The van der Waals surface area contributed by atoms with Crippen molar-refractivity contribution < 1.29 is 4.79 Å². The zero-order chi connectivity index (χ0) is 18.3. The Kier molecular flexibility index (Phi) is 4.21. The monoisotopic (exact) mass is 353 g/mol. The number of para-hydroxylation sites is 2. The molecule has 0 aliphatic carbocycles. The Morgan fingerprint density at radius 1 is 1.23 bits per heavy atom. The molecule has 8 heteroatoms. The first kappa shape index (κ1) is 16.7. The van der Waals surface area contributed by atoms with Gasteiger partial charge in [-0.2, -0.15) is 0 Å². The highest BCUT2D eigenvalue weighted by molar-refractivity contribution is 5.91. The number of benzene rings is 1. The summed E-state index contributed by atoms with van der Waals surface area (Å²) in [6.45, 7) is 2.96. The molecule has 2 aromatic rings. The molecule has 1 aromatic carbocycles. The van der Waals surface area contributed by atoms with Crippen LogP contribution in [-0.4, -0.2) is 71.6 Å². The van der Waals surface area contributed by atoms with Gasteiger partial charge < -0.3 is 16.0 Å². The van der Waals surface area contributed by atoms with E-state index in [4.69, 9.17) is 5.73 Å². The van der Waals surface area contributed by atoms with Crippen LogP contribution in [0.5, 0.6) is 0 Å². The van der Waals surface area contributed by atoms with Gasteiger partial charge in [0.15, 0.2) is 0 Å². The number of nitrogens with one attached hydrogen (secondary N) is 1. The van der Waals surface area contributed by atoms with E-state index in [1.54, 1.807) is 6.20 Å². The zero-order valence-electron chi connectivity index (χ0n) is 15.0. The normalized spacial score (nSPS) is 23.5. The third-order valence-corrected chi connectivity index (χ3v) is 5.12. The van der Waals surface area contributed by atoms with Crippen LogP contribution >= 0.6 is 0 Å². The summed E-state index contributed by atoms with van der Waals surface area (Å²) in [6.07, 6.45) is 1.54. The molecule has 1 amide bonds. The van der Waals surface area contributed by atoms with Gasteiger partial charge in [-0.25, -0.2) is 9.97 Å². The van der Waals surface area contributed by atoms with Crippen LogP contribution in [0.15, 0.2) is 36.5 Å². The van der Waals surface area contributed by atoms with Gasteiger partial charge in [-0.05, 0) is 32.3 Å². The van der Waals surface area contributed by atoms with E-state index in [0.717, 1.165) is 31.0 Å². The molecule has 136 valence electrons. The van der Waals surface area contributed by atoms with Crippen molar-refractivity contribution in [2.45, 2.75) is 12.2 Å². The second kappa shape index (κ2) is 6.54. The van der Waals surface area contributed by atoms with Crippen LogP contribution in [0.2, 0.25) is 0 Å². The van der Waals surface area contributed by atoms with Gasteiger partial charge in [0.25, 0.3) is 5.91 Å². The number of hydrogen-bond acceptors (Lipinski definition) is 7. The number of nitrogens with zero attached hydrogens (tertiary/aromatic N) is 5. The number of carbonyl (C=O) groups excluding carboxylic acids is 1. The van der Waals surface area contributed by atoms with Crippen molar-refractivity contribution in [1.82, 2.24) is 19.8 Å². The molecule has 0 spiro atoms. The van der Waals surface area contributed by atoms with E-state index in [1.165, 1.54) is 6.07 Å². The lowest BCUT2D eigenvalue weighted by atomic mass is 10.1. The van der Waals surface area contributed by atoms with Crippen molar-refractivity contribution in [3.8, 4) is 0 Å². The number of rotatable bonds is 3. The highest BCUT2D eigenvalue weighted by Gasteiger charge is 2.40. The van der Waals surface area contributed by atoms with E-state index in [0.29, 0.717) is 5.95 Å². The minimum atomic E-state index is -0.555. The molecule has 3 N–H and O–H groups in total. The maximum Gasteiger partial charge on any atom is 0.267 e. The molecule has 0 bridgehead atoms. The Morgan fingerprint density at radius 2 is 2.04 bits per heavy atom. The average Bonchev–Trinajstić information content (AvgIpc) is 3.03. The van der Waals surface area contributed by atoms with Gasteiger partial charge in [-0.15, -0.1) is 0 Å². The third kappa shape index (κ3) is 2.87. The Morgan fingerprint density at radius 3 is 2.85 bits per heavy atom. The molecule has 2 aliphatic heterocycles. The molecule has 26 heavy (non-hydrogen) atoms. The Balaban J connectivity index is 1.77. The molecule has 2 atom stereocenters. The van der Waals surface area contributed by atoms with Crippen molar-refractivity contribution in [3.63, 3.8) is 0 Å². The van der Waals surface area contributed by atoms with Crippen molar-refractivity contribution in [3.05, 3.63) is 42.2 Å². The van der Waals surface area contributed by atoms with E-state index < -0.39 is 5.91 Å². The molecule has 3 heterocycles. The second-order valence-corrected chi connectivity index (χ2v) is 6.89. The van der Waals surface area contributed by atoms with E-state index in [-0.39, 0.29) is 17.9 Å². The summed E-state index contributed by atoms with van der Waals surface area (Å²) in [7, 11) is 4.28. The fourth-order valence-corrected chi connectivity index (χ4v) is 3.67. The van der Waals surface area contributed by atoms with Crippen LogP contribution in [-0.2, 0) is 0 Å². The van der Waals surface area contributed by atoms with Gasteiger partial charge in [-0.1, -0.05) is 12.1 Å². The van der Waals surface area contributed by atoms with E-state index >= 15 is 0 Å². The van der Waals surface area contributed by atoms with Crippen LogP contribution in [0.4, 0.5) is 17.3 Å². The van der Waals surface area contributed by atoms with Gasteiger partial charge >= 0.3 is 0 Å². The Bertz CT molecular complexity index is 827. The van der Waals surface area contributed by atoms with E-state index in [1.807, 2.05) is 24.3 Å². The molecule has 0 saturated carbocycles. The fraction of sp³-hybridized carbons (Fsp3) is 0.389. The standard InChI is InChI=1S/C18H23N7O/c1-23-9-10-24(2)15(11-23)17-21-12-5-3-4-6-14(12)25(17)18-20-8-7-13(22-18)16(19)26/h3-8,15,17,21H,9-11H2,1-2H3,(H2,19,26). The number of anilines is 3. The third-order valence-electron chi connectivity index (χ3n) is 5.12. The zero-order valence-corrected chi connectivity index (χ0v) is 15.0. The number of piperazine rings is 1. The minimum absolute atomic E-state index is 0.0386. The molecule has 1 fully saturated rings. The minimum Gasteiger partial charge on any atom is -0.364 e. The van der Waals surface area contributed by atoms with Gasteiger partial charge in [0.2, 0.25) is 5.95 Å². The molecule has 1 saturated heterocycles. The largest absolute Gasteiger partial charge is 0.364 e. The van der Waals surface area contributed by atoms with Gasteiger partial charge in [-0.3, -0.25) is 14.6 Å². The number of primary amides is 1. The summed E-state index contributed by atoms with van der Waals surface area (Å²) in [5.74, 6) is -0.0782. The van der Waals surface area contributed by atoms with Crippen LogP contribution in [0.25, 0.3) is 0 Å². The molecule has 4 rings (SSSR count). The molecule has 0 radical (unpaired) electrons. The number of carbonyl (C=O) groups is 1. The van der Waals surface area contributed by atoms with Crippen molar-refractivity contribution in [2.24, 2.45) is 5.73 Å². The first-order valence-corrected chi connectivity index (χ1v) is 8.71. The van der Waals surface area contributed by atoms with Crippen LogP contribution in [0.3, 0.4) is 0 Å². The van der Waals surface area contributed by atoms with E-state index in [9.17, 15) is 4.79 Å². The number of hydrogen-bond donors (Lipinski definition) is 2. The number of aromatic nitrogens is 2. The molecular weight excluding hydrogens is 330 g/mol. The van der Waals surface area contributed by atoms with Crippen LogP contribution in [0, 0.1) is 0 Å². The highest BCUT2D eigenvalue weighted by Crippen LogP contribution is 2.40. The maximum absolute atomic E-state index is 11.6. The number of likely N-dealkylation sites (N-methyl/N-ethyl adjacent to an activating group) is 2. The summed E-state index contributed by atoms with van der Waals surface area (Å²) in [5, 5.41) is 3.61.